The van der Waals surface area contributed by atoms with Crippen molar-refractivity contribution in [2.24, 2.45) is 5.92 Å². The van der Waals surface area contributed by atoms with Gasteiger partial charge in [0.1, 0.15) is 5.75 Å². The van der Waals surface area contributed by atoms with E-state index in [1.807, 2.05) is 0 Å². The molecule has 0 saturated heterocycles. The molecular weight excluding hydrogens is 496 g/mol. The van der Waals surface area contributed by atoms with Gasteiger partial charge in [-0.25, -0.2) is 4.79 Å². The highest BCUT2D eigenvalue weighted by Gasteiger charge is 2.30. The second-order valence-corrected chi connectivity index (χ2v) is 8.28. The predicted molar refractivity (Wildman–Crippen MR) is 137 cm³/mol. The Kier molecular flexibility index (Phi) is 9.58. The zero-order valence-electron chi connectivity index (χ0n) is 21.2. The Labute approximate surface area is 219 Å². The fourth-order valence-electron chi connectivity index (χ4n) is 3.21. The predicted octanol–water partition coefficient (Wildman–Crippen LogP) is 3.48. The minimum atomic E-state index is -0.600. The van der Waals surface area contributed by atoms with E-state index in [9.17, 15) is 24.0 Å². The van der Waals surface area contributed by atoms with Crippen molar-refractivity contribution in [3.8, 4) is 17.2 Å². The van der Waals surface area contributed by atoms with Crippen LogP contribution in [0.2, 0.25) is 0 Å². The maximum Gasteiger partial charge on any atom is 0.344 e. The van der Waals surface area contributed by atoms with E-state index in [4.69, 9.17) is 18.9 Å². The number of carbonyl (C=O) groups is 5. The van der Waals surface area contributed by atoms with E-state index in [0.717, 1.165) is 12.8 Å². The lowest BCUT2D eigenvalue weighted by molar-refractivity contribution is -0.145. The summed E-state index contributed by atoms with van der Waals surface area (Å²) in [5.74, 6) is -2.09. The number of amides is 2. The molecule has 2 aromatic carbocycles. The van der Waals surface area contributed by atoms with Gasteiger partial charge in [-0.15, -0.1) is 0 Å². The maximum atomic E-state index is 12.6. The number of hydrogen-bond donors (Lipinski definition) is 2. The summed E-state index contributed by atoms with van der Waals surface area (Å²) in [6, 6.07) is 9.09. The smallest absolute Gasteiger partial charge is 0.344 e. The Morgan fingerprint density at radius 3 is 2.24 bits per heavy atom. The van der Waals surface area contributed by atoms with Gasteiger partial charge in [-0.3, -0.25) is 19.2 Å². The molecule has 0 spiro atoms. The van der Waals surface area contributed by atoms with E-state index in [1.165, 1.54) is 50.3 Å². The Hall–Kier alpha value is -4.67. The van der Waals surface area contributed by atoms with Gasteiger partial charge in [-0.05, 0) is 61.7 Å². The maximum absolute atomic E-state index is 12.6. The lowest BCUT2D eigenvalue weighted by atomic mass is 10.2. The van der Waals surface area contributed by atoms with Crippen LogP contribution >= 0.6 is 0 Å². The minimum Gasteiger partial charge on any atom is -0.480 e. The van der Waals surface area contributed by atoms with E-state index in [1.54, 1.807) is 19.1 Å². The molecule has 11 nitrogen and oxygen atoms in total. The van der Waals surface area contributed by atoms with Gasteiger partial charge in [0.05, 0.1) is 12.3 Å². The highest BCUT2D eigenvalue weighted by molar-refractivity contribution is 6.03. The normalized spacial score (nSPS) is 12.4. The third kappa shape index (κ3) is 8.77. The van der Waals surface area contributed by atoms with Crippen molar-refractivity contribution in [1.29, 1.82) is 0 Å². The Bertz CT molecular complexity index is 1270. The van der Waals surface area contributed by atoms with Crippen molar-refractivity contribution in [3.05, 3.63) is 48.0 Å². The molecule has 1 aliphatic rings. The van der Waals surface area contributed by atoms with E-state index >= 15 is 0 Å². The van der Waals surface area contributed by atoms with Crippen LogP contribution in [-0.2, 0) is 28.7 Å². The van der Waals surface area contributed by atoms with Crippen molar-refractivity contribution in [3.63, 3.8) is 0 Å². The Balaban J connectivity index is 1.72. The molecule has 3 rings (SSSR count). The van der Waals surface area contributed by atoms with Gasteiger partial charge in [0.15, 0.2) is 18.1 Å². The Morgan fingerprint density at radius 2 is 1.58 bits per heavy atom. The van der Waals surface area contributed by atoms with Gasteiger partial charge in [0, 0.05) is 31.5 Å². The summed E-state index contributed by atoms with van der Waals surface area (Å²) in [6.45, 7) is 4.00. The molecule has 1 saturated carbocycles. The second kappa shape index (κ2) is 13.0. The number of nitrogens with one attached hydrogen (secondary N) is 2. The van der Waals surface area contributed by atoms with Crippen LogP contribution in [0.1, 0.15) is 39.2 Å². The third-order valence-electron chi connectivity index (χ3n) is 5.01. The van der Waals surface area contributed by atoms with Crippen molar-refractivity contribution in [2.75, 3.05) is 23.8 Å². The van der Waals surface area contributed by atoms with Crippen LogP contribution in [0.4, 0.5) is 11.4 Å². The first-order valence-electron chi connectivity index (χ1n) is 11.9. The average Bonchev–Trinajstić information content (AvgIpc) is 3.69. The van der Waals surface area contributed by atoms with Crippen molar-refractivity contribution in [1.82, 2.24) is 0 Å². The van der Waals surface area contributed by atoms with Gasteiger partial charge in [-0.1, -0.05) is 6.07 Å². The van der Waals surface area contributed by atoms with Gasteiger partial charge in [0.2, 0.25) is 11.8 Å². The van der Waals surface area contributed by atoms with Gasteiger partial charge >= 0.3 is 17.9 Å². The molecule has 38 heavy (non-hydrogen) atoms. The molecule has 11 heteroatoms. The SMILES string of the molecule is CCOC(=O)COc1ccc(NC(=O)/C=C/c2ccc(OC(C)=O)c(OC(C)=O)c2)cc1NC(=O)C1CC1. The number of anilines is 2. The van der Waals surface area contributed by atoms with Gasteiger partial charge in [-0.2, -0.15) is 0 Å². The number of benzene rings is 2. The van der Waals surface area contributed by atoms with Crippen LogP contribution in [0.15, 0.2) is 42.5 Å². The fraction of sp³-hybridized carbons (Fsp3) is 0.296. The van der Waals surface area contributed by atoms with Crippen LogP contribution in [-0.4, -0.2) is 42.9 Å². The highest BCUT2D eigenvalue weighted by atomic mass is 16.6. The molecule has 0 aliphatic heterocycles. The molecule has 0 heterocycles. The number of carbonyl (C=O) groups excluding carboxylic acids is 5. The molecule has 0 atom stereocenters. The summed E-state index contributed by atoms with van der Waals surface area (Å²) >= 11 is 0. The zero-order valence-corrected chi connectivity index (χ0v) is 21.2. The molecule has 2 N–H and O–H groups in total. The summed E-state index contributed by atoms with van der Waals surface area (Å²) in [5, 5.41) is 5.47. The molecular formula is C27H28N2O9. The zero-order chi connectivity index (χ0) is 27.7. The first kappa shape index (κ1) is 27.9. The third-order valence-corrected chi connectivity index (χ3v) is 5.01. The molecule has 1 aliphatic carbocycles. The van der Waals surface area contributed by atoms with Gasteiger partial charge in [0.25, 0.3) is 0 Å². The molecule has 200 valence electrons. The van der Waals surface area contributed by atoms with Gasteiger partial charge < -0.3 is 29.6 Å². The second-order valence-electron chi connectivity index (χ2n) is 8.28. The lowest BCUT2D eigenvalue weighted by Gasteiger charge is -2.14. The van der Waals surface area contributed by atoms with E-state index < -0.39 is 23.8 Å². The summed E-state index contributed by atoms with van der Waals surface area (Å²) in [4.78, 5) is 59.2. The average molecular weight is 525 g/mol. The van der Waals surface area contributed by atoms with Crippen LogP contribution in [0.5, 0.6) is 17.2 Å². The van der Waals surface area contributed by atoms with Crippen LogP contribution < -0.4 is 24.8 Å². The van der Waals surface area contributed by atoms with E-state index in [-0.39, 0.29) is 42.3 Å². The summed E-state index contributed by atoms with van der Waals surface area (Å²) in [7, 11) is 0. The van der Waals surface area contributed by atoms with Crippen molar-refractivity contribution in [2.45, 2.75) is 33.6 Å². The number of hydrogen-bond acceptors (Lipinski definition) is 9. The van der Waals surface area contributed by atoms with E-state index in [2.05, 4.69) is 10.6 Å². The fourth-order valence-corrected chi connectivity index (χ4v) is 3.21. The van der Waals surface area contributed by atoms with Crippen molar-refractivity contribution >= 4 is 47.2 Å². The molecule has 0 unspecified atom stereocenters. The number of esters is 3. The summed E-state index contributed by atoms with van der Waals surface area (Å²) < 4.78 is 20.5. The first-order chi connectivity index (χ1) is 18.1. The largest absolute Gasteiger partial charge is 0.480 e. The molecule has 0 bridgehead atoms. The molecule has 0 aromatic heterocycles. The molecule has 2 amide bonds. The van der Waals surface area contributed by atoms with Crippen LogP contribution in [0, 0.1) is 5.92 Å². The van der Waals surface area contributed by atoms with Crippen LogP contribution in [0.3, 0.4) is 0 Å². The number of rotatable bonds is 11. The summed E-state index contributed by atoms with van der Waals surface area (Å²) in [5.41, 5.74) is 1.19. The quantitative estimate of drug-likeness (QED) is 0.256. The minimum absolute atomic E-state index is 0.0321. The standard InChI is InChI=1S/C27H28N2O9/c1-4-35-26(33)15-36-22-11-9-20(14-21(22)29-27(34)19-7-8-19)28-25(32)12-6-18-5-10-23(37-16(2)30)24(13-18)38-17(3)31/h5-6,9-14,19H,4,7-8,15H2,1-3H3,(H,28,32)(H,29,34)/b12-6+. The monoisotopic (exact) mass is 524 g/mol. The van der Waals surface area contributed by atoms with E-state index in [0.29, 0.717) is 16.9 Å². The first-order valence-corrected chi connectivity index (χ1v) is 11.9. The topological polar surface area (TPSA) is 146 Å². The Morgan fingerprint density at radius 1 is 0.895 bits per heavy atom. The molecule has 2 aromatic rings. The highest BCUT2D eigenvalue weighted by Crippen LogP contribution is 2.34. The summed E-state index contributed by atoms with van der Waals surface area (Å²) in [6.07, 6.45) is 4.33. The molecule has 0 radical (unpaired) electrons. The number of ether oxygens (including phenoxy) is 4. The van der Waals surface area contributed by atoms with Crippen LogP contribution in [0.25, 0.3) is 6.08 Å². The van der Waals surface area contributed by atoms with Crippen molar-refractivity contribution < 1.29 is 42.9 Å². The molecule has 1 fully saturated rings. The lowest BCUT2D eigenvalue weighted by Crippen LogP contribution is -2.18.